The van der Waals surface area contributed by atoms with Crippen LogP contribution in [0.4, 0.5) is 0 Å². The quantitative estimate of drug-likeness (QED) is 0.477. The third-order valence-electron chi connectivity index (χ3n) is 4.50. The lowest BCUT2D eigenvalue weighted by molar-refractivity contribution is 0.0950. The van der Waals surface area contributed by atoms with Gasteiger partial charge < -0.3 is 10.1 Å². The first-order valence-electron chi connectivity index (χ1n) is 9.44. The fraction of sp³-hybridized carbons (Fsp3) is 0.143. The molecule has 1 amide bonds. The number of hydrogen-bond donors (Lipinski definition) is 2. The van der Waals surface area contributed by atoms with Crippen molar-refractivity contribution in [2.24, 2.45) is 0 Å². The molecule has 0 aliphatic carbocycles. The number of aromatic nitrogens is 1. The van der Waals surface area contributed by atoms with Crippen LogP contribution >= 0.6 is 11.6 Å². The average Bonchev–Trinajstić information content (AvgIpc) is 2.78. The molecule has 0 fully saturated rings. The van der Waals surface area contributed by atoms with Crippen molar-refractivity contribution in [3.63, 3.8) is 0 Å². The number of carbonyl (C=O) groups is 1. The predicted octanol–water partition coefficient (Wildman–Crippen LogP) is 2.77. The molecular weight excluding hydrogens is 490 g/mol. The van der Waals surface area contributed by atoms with Gasteiger partial charge in [0.1, 0.15) is 5.75 Å². The highest BCUT2D eigenvalue weighted by Crippen LogP contribution is 2.23. The predicted molar refractivity (Wildman–Crippen MR) is 123 cm³/mol. The monoisotopic (exact) mass is 509 g/mol. The van der Waals surface area contributed by atoms with Crippen molar-refractivity contribution >= 4 is 37.4 Å². The highest BCUT2D eigenvalue weighted by molar-refractivity contribution is 7.90. The Hall–Kier alpha value is -2.99. The number of nitrogens with zero attached hydrogens (tertiary/aromatic N) is 1. The normalized spacial score (nSPS) is 11.7. The van der Waals surface area contributed by atoms with Gasteiger partial charge in [-0.1, -0.05) is 23.7 Å². The minimum Gasteiger partial charge on any atom is -0.439 e. The summed E-state index contributed by atoms with van der Waals surface area (Å²) in [6.45, 7) is 0.0775. The molecule has 1 heterocycles. The van der Waals surface area contributed by atoms with E-state index in [9.17, 15) is 21.6 Å². The van der Waals surface area contributed by atoms with Crippen LogP contribution in [0.1, 0.15) is 15.9 Å². The lowest BCUT2D eigenvalue weighted by Crippen LogP contribution is -2.23. The Labute approximate surface area is 196 Å². The van der Waals surface area contributed by atoms with Crippen LogP contribution in [0.2, 0.25) is 5.02 Å². The van der Waals surface area contributed by atoms with E-state index in [4.69, 9.17) is 16.3 Å². The third kappa shape index (κ3) is 6.29. The van der Waals surface area contributed by atoms with E-state index < -0.39 is 25.8 Å². The number of nitrogens with one attached hydrogen (secondary N) is 2. The summed E-state index contributed by atoms with van der Waals surface area (Å²) in [6.07, 6.45) is 2.42. The first-order chi connectivity index (χ1) is 15.5. The Kier molecular flexibility index (Phi) is 7.38. The second kappa shape index (κ2) is 9.87. The van der Waals surface area contributed by atoms with E-state index in [1.807, 2.05) is 0 Å². The summed E-state index contributed by atoms with van der Waals surface area (Å²) in [5.74, 6) is 0.0543. The summed E-state index contributed by atoms with van der Waals surface area (Å²) in [4.78, 5) is 16.6. The average molecular weight is 510 g/mol. The maximum Gasteiger partial charge on any atom is 0.253 e. The molecule has 0 saturated heterocycles. The lowest BCUT2D eigenvalue weighted by Gasteiger charge is -2.10. The van der Waals surface area contributed by atoms with Gasteiger partial charge in [0, 0.05) is 30.1 Å². The Balaban J connectivity index is 1.64. The molecule has 3 rings (SSSR count). The Morgan fingerprint density at radius 2 is 1.79 bits per heavy atom. The Bertz CT molecular complexity index is 1390. The lowest BCUT2D eigenvalue weighted by atomic mass is 10.2. The zero-order chi connectivity index (χ0) is 24.2. The van der Waals surface area contributed by atoms with Gasteiger partial charge in [0.05, 0.1) is 15.4 Å². The SMILES string of the molecule is CNS(=O)(=O)c1ccc(CNC(=O)c2ccc(Oc3cccc(S(C)(=O)=O)c3)nc2)c(Cl)c1. The minimum absolute atomic E-state index is 0.0203. The van der Waals surface area contributed by atoms with Crippen LogP contribution in [0, 0.1) is 0 Å². The standard InChI is InChI=1S/C21H20ClN3O6S2/c1-23-33(29,30)18-8-6-14(19(22)11-18)12-25-21(26)15-7-9-20(24-13-15)31-16-4-3-5-17(10-16)32(2,27)28/h3-11,13,23H,12H2,1-2H3,(H,25,26). The molecule has 3 aromatic rings. The first-order valence-corrected chi connectivity index (χ1v) is 13.2. The largest absolute Gasteiger partial charge is 0.439 e. The summed E-state index contributed by atoms with van der Waals surface area (Å²) in [5, 5.41) is 2.88. The number of halogens is 1. The molecule has 33 heavy (non-hydrogen) atoms. The van der Waals surface area contributed by atoms with Crippen molar-refractivity contribution in [2.75, 3.05) is 13.3 Å². The number of amides is 1. The van der Waals surface area contributed by atoms with Gasteiger partial charge in [-0.2, -0.15) is 0 Å². The number of ether oxygens (including phenoxy) is 1. The third-order valence-corrected chi connectivity index (χ3v) is 7.37. The van der Waals surface area contributed by atoms with E-state index in [1.165, 1.54) is 55.7 Å². The summed E-state index contributed by atoms with van der Waals surface area (Å²) in [7, 11) is -5.69. The highest BCUT2D eigenvalue weighted by Gasteiger charge is 2.14. The molecule has 1 aromatic heterocycles. The van der Waals surface area contributed by atoms with Crippen LogP contribution in [0.3, 0.4) is 0 Å². The van der Waals surface area contributed by atoms with Gasteiger partial charge in [0.25, 0.3) is 5.91 Å². The van der Waals surface area contributed by atoms with Crippen LogP contribution in [0.15, 0.2) is 70.6 Å². The summed E-state index contributed by atoms with van der Waals surface area (Å²) in [5.41, 5.74) is 0.802. The van der Waals surface area contributed by atoms with E-state index >= 15 is 0 Å². The molecule has 2 aromatic carbocycles. The maximum atomic E-state index is 12.4. The molecule has 9 nitrogen and oxygen atoms in total. The molecule has 0 radical (unpaired) electrons. The summed E-state index contributed by atoms with van der Waals surface area (Å²) < 4.78 is 54.8. The van der Waals surface area contributed by atoms with Crippen LogP contribution < -0.4 is 14.8 Å². The van der Waals surface area contributed by atoms with E-state index in [0.717, 1.165) is 6.26 Å². The molecule has 0 spiro atoms. The zero-order valence-corrected chi connectivity index (χ0v) is 20.0. The van der Waals surface area contributed by atoms with E-state index in [-0.39, 0.29) is 32.8 Å². The van der Waals surface area contributed by atoms with Crippen molar-refractivity contribution in [1.29, 1.82) is 0 Å². The molecule has 0 aliphatic rings. The Morgan fingerprint density at radius 1 is 1.03 bits per heavy atom. The van der Waals surface area contributed by atoms with Crippen LogP contribution in [-0.4, -0.2) is 41.0 Å². The molecular formula is C21H20ClN3O6S2. The van der Waals surface area contributed by atoms with Gasteiger partial charge in [-0.3, -0.25) is 4.79 Å². The number of rotatable bonds is 8. The first kappa shape index (κ1) is 24.6. The Morgan fingerprint density at radius 3 is 2.39 bits per heavy atom. The van der Waals surface area contributed by atoms with Crippen molar-refractivity contribution in [3.8, 4) is 11.6 Å². The van der Waals surface area contributed by atoms with Crippen molar-refractivity contribution in [1.82, 2.24) is 15.0 Å². The van der Waals surface area contributed by atoms with Gasteiger partial charge in [0.15, 0.2) is 9.84 Å². The molecule has 0 atom stereocenters. The molecule has 0 saturated carbocycles. The number of hydrogen-bond acceptors (Lipinski definition) is 7. The van der Waals surface area contributed by atoms with Gasteiger partial charge in [0.2, 0.25) is 15.9 Å². The van der Waals surface area contributed by atoms with Crippen LogP contribution in [0.25, 0.3) is 0 Å². The summed E-state index contributed by atoms with van der Waals surface area (Å²) >= 11 is 6.15. The number of carbonyl (C=O) groups excluding carboxylic acids is 1. The second-order valence-corrected chi connectivity index (χ2v) is 11.2. The van der Waals surface area contributed by atoms with E-state index in [2.05, 4.69) is 15.0 Å². The summed E-state index contributed by atoms with van der Waals surface area (Å²) in [6, 6.07) is 13.2. The topological polar surface area (TPSA) is 132 Å². The van der Waals surface area contributed by atoms with Gasteiger partial charge in [-0.05, 0) is 49.0 Å². The molecule has 0 bridgehead atoms. The fourth-order valence-corrected chi connectivity index (χ4v) is 4.42. The number of sulfonamides is 1. The fourth-order valence-electron chi connectivity index (χ4n) is 2.70. The molecule has 0 unspecified atom stereocenters. The minimum atomic E-state index is -3.62. The number of sulfone groups is 1. The highest BCUT2D eigenvalue weighted by atomic mass is 35.5. The van der Waals surface area contributed by atoms with Gasteiger partial charge >= 0.3 is 0 Å². The number of pyridine rings is 1. The molecule has 174 valence electrons. The molecule has 2 N–H and O–H groups in total. The smallest absolute Gasteiger partial charge is 0.253 e. The molecule has 0 aliphatic heterocycles. The van der Waals surface area contributed by atoms with Gasteiger partial charge in [-0.25, -0.2) is 26.5 Å². The molecule has 12 heteroatoms. The van der Waals surface area contributed by atoms with Crippen molar-refractivity contribution < 1.29 is 26.4 Å². The van der Waals surface area contributed by atoms with Crippen LogP contribution in [0.5, 0.6) is 11.6 Å². The second-order valence-electron chi connectivity index (χ2n) is 6.88. The van der Waals surface area contributed by atoms with Crippen LogP contribution in [-0.2, 0) is 26.4 Å². The number of benzene rings is 2. The van der Waals surface area contributed by atoms with Crippen molar-refractivity contribution in [3.05, 3.63) is 76.9 Å². The van der Waals surface area contributed by atoms with E-state index in [0.29, 0.717) is 11.3 Å². The maximum absolute atomic E-state index is 12.4. The van der Waals surface area contributed by atoms with E-state index in [1.54, 1.807) is 12.1 Å². The van der Waals surface area contributed by atoms with Gasteiger partial charge in [-0.15, -0.1) is 0 Å². The van der Waals surface area contributed by atoms with Crippen molar-refractivity contribution in [2.45, 2.75) is 16.3 Å². The zero-order valence-electron chi connectivity index (χ0n) is 17.6.